The fourth-order valence-electron chi connectivity index (χ4n) is 3.04. The van der Waals surface area contributed by atoms with Crippen molar-refractivity contribution in [2.24, 2.45) is 5.73 Å². The van der Waals surface area contributed by atoms with Gasteiger partial charge in [0.25, 0.3) is 0 Å². The molecule has 0 bridgehead atoms. The number of nitrogen functional groups attached to an aromatic ring is 1. The van der Waals surface area contributed by atoms with Gasteiger partial charge in [-0.3, -0.25) is 10.2 Å². The summed E-state index contributed by atoms with van der Waals surface area (Å²) in [6.07, 6.45) is 0.0481. The smallest absolute Gasteiger partial charge is 0.355 e. The minimum Gasteiger partial charge on any atom is -0.481 e. The lowest BCUT2D eigenvalue weighted by Crippen LogP contribution is -2.23. The summed E-state index contributed by atoms with van der Waals surface area (Å²) in [4.78, 5) is 23.8. The van der Waals surface area contributed by atoms with Gasteiger partial charge in [0.05, 0.1) is 17.8 Å². The van der Waals surface area contributed by atoms with E-state index in [0.29, 0.717) is 22.8 Å². The first-order valence-electron chi connectivity index (χ1n) is 8.73. The first kappa shape index (κ1) is 19.1. The molecule has 1 aromatic heterocycles. The van der Waals surface area contributed by atoms with E-state index in [-0.39, 0.29) is 23.9 Å². The molecular weight excluding hydrogens is 358 g/mol. The summed E-state index contributed by atoms with van der Waals surface area (Å²) >= 11 is 0. The van der Waals surface area contributed by atoms with Crippen molar-refractivity contribution in [2.45, 2.75) is 26.2 Å². The fourth-order valence-corrected chi connectivity index (χ4v) is 3.04. The molecule has 0 aliphatic rings. The number of rotatable bonds is 6. The number of nitrogens with one attached hydrogen (secondary N) is 1. The van der Waals surface area contributed by atoms with Gasteiger partial charge in [0.2, 0.25) is 0 Å². The predicted octanol–water partition coefficient (Wildman–Crippen LogP) is 2.19. The van der Waals surface area contributed by atoms with Crippen LogP contribution in [0.3, 0.4) is 0 Å². The third-order valence-electron chi connectivity index (χ3n) is 4.56. The van der Waals surface area contributed by atoms with Gasteiger partial charge < -0.3 is 10.8 Å². The number of aryl methyl sites for hydroxylation is 1. The minimum atomic E-state index is -0.847. The van der Waals surface area contributed by atoms with E-state index in [1.807, 2.05) is 19.1 Å². The van der Waals surface area contributed by atoms with Crippen molar-refractivity contribution in [1.29, 1.82) is 5.41 Å². The average Bonchev–Trinajstić information content (AvgIpc) is 2.95. The number of amidine groups is 1. The molecule has 1 heterocycles. The van der Waals surface area contributed by atoms with Crippen LogP contribution in [0.5, 0.6) is 0 Å². The van der Waals surface area contributed by atoms with Crippen LogP contribution in [0.1, 0.15) is 36.2 Å². The molecule has 28 heavy (non-hydrogen) atoms. The highest BCUT2D eigenvalue weighted by molar-refractivity contribution is 5.95. The summed E-state index contributed by atoms with van der Waals surface area (Å²) in [5, 5.41) is 20.7. The van der Waals surface area contributed by atoms with E-state index in [1.165, 1.54) is 9.25 Å². The Balaban J connectivity index is 1.95. The Hall–Kier alpha value is -3.68. The Labute approximate surface area is 161 Å². The van der Waals surface area contributed by atoms with E-state index in [0.717, 1.165) is 5.56 Å². The number of carboxylic acids is 1. The van der Waals surface area contributed by atoms with Gasteiger partial charge in [-0.25, -0.2) is 9.36 Å². The van der Waals surface area contributed by atoms with Crippen molar-refractivity contribution in [3.05, 3.63) is 76.0 Å². The van der Waals surface area contributed by atoms with Crippen LogP contribution < -0.4 is 11.4 Å². The summed E-state index contributed by atoms with van der Waals surface area (Å²) in [6.45, 7) is 3.59. The molecule has 1 unspecified atom stereocenters. The zero-order valence-electron chi connectivity index (χ0n) is 15.6. The molecule has 8 heteroatoms. The standard InChI is InChI=1S/C20H21N5O3/c1-12(11-18(26)27)14-3-7-16(8-4-14)24-13(2)23-25(20(24)28)17-9-5-15(6-10-17)19(21)22/h3-10,12H,11H2,1-2H3,(H3,21,22)(H,26,27). The minimum absolute atomic E-state index is 0.0437. The normalized spacial score (nSPS) is 11.9. The second-order valence-electron chi connectivity index (χ2n) is 6.63. The monoisotopic (exact) mass is 379 g/mol. The lowest BCUT2D eigenvalue weighted by atomic mass is 9.98. The number of carbonyl (C=O) groups is 1. The number of hydrogen-bond donors (Lipinski definition) is 3. The molecule has 0 amide bonds. The molecule has 0 spiro atoms. The Kier molecular flexibility index (Phi) is 5.12. The predicted molar refractivity (Wildman–Crippen MR) is 106 cm³/mol. The number of aromatic nitrogens is 3. The zero-order valence-corrected chi connectivity index (χ0v) is 15.6. The van der Waals surface area contributed by atoms with Gasteiger partial charge in [0.15, 0.2) is 0 Å². The van der Waals surface area contributed by atoms with E-state index in [9.17, 15) is 9.59 Å². The SMILES string of the molecule is Cc1nn(-c2ccc(C(=N)N)cc2)c(=O)n1-c1ccc(C(C)CC(=O)O)cc1. The number of hydrogen-bond acceptors (Lipinski definition) is 4. The van der Waals surface area contributed by atoms with Crippen LogP contribution in [0.2, 0.25) is 0 Å². The van der Waals surface area contributed by atoms with Crippen molar-refractivity contribution >= 4 is 11.8 Å². The lowest BCUT2D eigenvalue weighted by molar-refractivity contribution is -0.137. The van der Waals surface area contributed by atoms with Gasteiger partial charge >= 0.3 is 11.7 Å². The quantitative estimate of drug-likeness (QED) is 0.447. The molecule has 4 N–H and O–H groups in total. The molecule has 3 rings (SSSR count). The maximum Gasteiger partial charge on any atom is 0.355 e. The molecule has 0 aliphatic heterocycles. The van der Waals surface area contributed by atoms with Crippen molar-refractivity contribution in [1.82, 2.24) is 14.3 Å². The van der Waals surface area contributed by atoms with E-state index in [4.69, 9.17) is 16.2 Å². The third-order valence-corrected chi connectivity index (χ3v) is 4.56. The van der Waals surface area contributed by atoms with Crippen molar-refractivity contribution < 1.29 is 9.90 Å². The third kappa shape index (κ3) is 3.71. The highest BCUT2D eigenvalue weighted by Crippen LogP contribution is 2.20. The molecule has 0 radical (unpaired) electrons. The molecule has 0 saturated heterocycles. The Bertz CT molecular complexity index is 1080. The number of nitrogens with zero attached hydrogens (tertiary/aromatic N) is 3. The van der Waals surface area contributed by atoms with E-state index >= 15 is 0 Å². The van der Waals surface area contributed by atoms with Crippen molar-refractivity contribution in [3.63, 3.8) is 0 Å². The van der Waals surface area contributed by atoms with Crippen molar-refractivity contribution in [2.75, 3.05) is 0 Å². The highest BCUT2D eigenvalue weighted by atomic mass is 16.4. The summed E-state index contributed by atoms with van der Waals surface area (Å²) in [6, 6.07) is 13.9. The topological polar surface area (TPSA) is 127 Å². The molecular formula is C20H21N5O3. The van der Waals surface area contributed by atoms with E-state index in [2.05, 4.69) is 5.10 Å². The van der Waals surface area contributed by atoms with Crippen LogP contribution in [0, 0.1) is 12.3 Å². The molecule has 144 valence electrons. The summed E-state index contributed by atoms with van der Waals surface area (Å²) in [5.41, 5.74) is 7.83. The highest BCUT2D eigenvalue weighted by Gasteiger charge is 2.15. The summed E-state index contributed by atoms with van der Waals surface area (Å²) in [7, 11) is 0. The molecule has 0 fully saturated rings. The first-order chi connectivity index (χ1) is 13.3. The van der Waals surface area contributed by atoms with Crippen LogP contribution >= 0.6 is 0 Å². The molecule has 0 aliphatic carbocycles. The Morgan fingerprint density at radius 2 is 1.71 bits per heavy atom. The van der Waals surface area contributed by atoms with Gasteiger partial charge in [-0.05, 0) is 54.8 Å². The van der Waals surface area contributed by atoms with Crippen LogP contribution in [0.4, 0.5) is 0 Å². The van der Waals surface area contributed by atoms with Crippen molar-refractivity contribution in [3.8, 4) is 11.4 Å². The van der Waals surface area contributed by atoms with Crippen LogP contribution in [0.25, 0.3) is 11.4 Å². The fraction of sp³-hybridized carbons (Fsp3) is 0.200. The molecule has 3 aromatic rings. The Morgan fingerprint density at radius 3 is 2.25 bits per heavy atom. The lowest BCUT2D eigenvalue weighted by Gasteiger charge is -2.10. The average molecular weight is 379 g/mol. The molecule has 0 saturated carbocycles. The van der Waals surface area contributed by atoms with E-state index < -0.39 is 5.97 Å². The number of aliphatic carboxylic acids is 1. The maximum absolute atomic E-state index is 12.9. The number of nitrogens with two attached hydrogens (primary N) is 1. The first-order valence-corrected chi connectivity index (χ1v) is 8.73. The number of benzene rings is 2. The van der Waals surface area contributed by atoms with Crippen LogP contribution in [0.15, 0.2) is 53.3 Å². The molecule has 8 nitrogen and oxygen atoms in total. The van der Waals surface area contributed by atoms with Gasteiger partial charge in [0.1, 0.15) is 11.7 Å². The van der Waals surface area contributed by atoms with Gasteiger partial charge in [-0.15, -0.1) is 5.10 Å². The second-order valence-corrected chi connectivity index (χ2v) is 6.63. The number of carboxylic acid groups (broad SMARTS) is 1. The molecule has 2 aromatic carbocycles. The summed E-state index contributed by atoms with van der Waals surface area (Å²) < 4.78 is 2.78. The molecule has 1 atom stereocenters. The zero-order chi connectivity index (χ0) is 20.4. The van der Waals surface area contributed by atoms with E-state index in [1.54, 1.807) is 43.3 Å². The summed E-state index contributed by atoms with van der Waals surface area (Å²) in [5.74, 6) is -0.489. The van der Waals surface area contributed by atoms with Gasteiger partial charge in [-0.2, -0.15) is 4.68 Å². The van der Waals surface area contributed by atoms with Gasteiger partial charge in [0, 0.05) is 5.56 Å². The maximum atomic E-state index is 12.9. The Morgan fingerprint density at radius 1 is 1.14 bits per heavy atom. The second kappa shape index (κ2) is 7.51. The van der Waals surface area contributed by atoms with Gasteiger partial charge in [-0.1, -0.05) is 19.1 Å². The largest absolute Gasteiger partial charge is 0.481 e. The van der Waals surface area contributed by atoms with Crippen LogP contribution in [-0.4, -0.2) is 31.3 Å². The van der Waals surface area contributed by atoms with Crippen LogP contribution in [-0.2, 0) is 4.79 Å².